The van der Waals surface area contributed by atoms with Crippen LogP contribution in [0.1, 0.15) is 30.9 Å². The minimum Gasteiger partial charge on any atom is -0.495 e. The van der Waals surface area contributed by atoms with Crippen LogP contribution in [0, 0.1) is 5.92 Å². The van der Waals surface area contributed by atoms with E-state index in [-0.39, 0.29) is 24.0 Å². The summed E-state index contributed by atoms with van der Waals surface area (Å²) in [6.45, 7) is 6.23. The molecular formula is C26H38IN5O. The molecule has 2 saturated heterocycles. The van der Waals surface area contributed by atoms with Crippen molar-refractivity contribution in [2.75, 3.05) is 58.3 Å². The van der Waals surface area contributed by atoms with Crippen LogP contribution < -0.4 is 20.3 Å². The molecule has 0 amide bonds. The van der Waals surface area contributed by atoms with Gasteiger partial charge in [-0.2, -0.15) is 0 Å². The van der Waals surface area contributed by atoms with Crippen molar-refractivity contribution in [3.05, 3.63) is 60.2 Å². The second-order valence-corrected chi connectivity index (χ2v) is 8.78. The average Bonchev–Trinajstić information content (AvgIpc) is 3.54. The number of benzene rings is 2. The second kappa shape index (κ2) is 13.0. The van der Waals surface area contributed by atoms with Gasteiger partial charge in [-0.3, -0.25) is 9.89 Å². The van der Waals surface area contributed by atoms with Crippen molar-refractivity contribution < 1.29 is 4.74 Å². The smallest absolute Gasteiger partial charge is 0.191 e. The lowest BCUT2D eigenvalue weighted by atomic mass is 10.1. The van der Waals surface area contributed by atoms with E-state index in [0.717, 1.165) is 37.9 Å². The lowest BCUT2D eigenvalue weighted by molar-refractivity contribution is 0.245. The summed E-state index contributed by atoms with van der Waals surface area (Å²) in [5.74, 6) is 2.43. The van der Waals surface area contributed by atoms with Crippen molar-refractivity contribution >= 4 is 35.6 Å². The summed E-state index contributed by atoms with van der Waals surface area (Å²) in [5, 5.41) is 7.17. The third-order valence-corrected chi connectivity index (χ3v) is 6.72. The van der Waals surface area contributed by atoms with Crippen LogP contribution in [0.4, 0.5) is 5.69 Å². The molecule has 2 aliphatic heterocycles. The first-order valence-corrected chi connectivity index (χ1v) is 11.9. The molecule has 0 radical (unpaired) electrons. The fourth-order valence-corrected chi connectivity index (χ4v) is 4.95. The average molecular weight is 564 g/mol. The molecule has 0 spiro atoms. The molecule has 33 heavy (non-hydrogen) atoms. The molecule has 0 aromatic heterocycles. The van der Waals surface area contributed by atoms with E-state index >= 15 is 0 Å². The molecule has 2 aliphatic rings. The summed E-state index contributed by atoms with van der Waals surface area (Å²) in [4.78, 5) is 9.51. The van der Waals surface area contributed by atoms with Crippen LogP contribution in [-0.4, -0.2) is 64.3 Å². The van der Waals surface area contributed by atoms with E-state index < -0.39 is 0 Å². The Bertz CT molecular complexity index is 872. The van der Waals surface area contributed by atoms with Crippen molar-refractivity contribution in [2.45, 2.75) is 25.3 Å². The predicted molar refractivity (Wildman–Crippen MR) is 148 cm³/mol. The normalized spacial score (nSPS) is 19.8. The van der Waals surface area contributed by atoms with Crippen LogP contribution in [0.2, 0.25) is 0 Å². The molecule has 4 rings (SSSR count). The maximum atomic E-state index is 5.55. The quantitative estimate of drug-likeness (QED) is 0.288. The molecule has 0 bridgehead atoms. The van der Waals surface area contributed by atoms with Gasteiger partial charge in [0.2, 0.25) is 0 Å². The van der Waals surface area contributed by atoms with E-state index in [9.17, 15) is 0 Å². The number of likely N-dealkylation sites (tertiary alicyclic amines) is 1. The zero-order valence-electron chi connectivity index (χ0n) is 19.9. The molecule has 7 heteroatoms. The SMILES string of the molecule is CN=C(NCC1CCN(c2ccccc2OC)C1)NCC(c1ccccc1)N1CCCC1.I. The molecule has 2 aromatic carbocycles. The van der Waals surface area contributed by atoms with E-state index in [1.807, 2.05) is 19.2 Å². The monoisotopic (exact) mass is 563 g/mol. The van der Waals surface area contributed by atoms with Crippen LogP contribution in [-0.2, 0) is 0 Å². The van der Waals surface area contributed by atoms with Crippen molar-refractivity contribution in [3.8, 4) is 5.75 Å². The number of hydrogen-bond donors (Lipinski definition) is 2. The summed E-state index contributed by atoms with van der Waals surface area (Å²) < 4.78 is 5.55. The highest BCUT2D eigenvalue weighted by atomic mass is 127. The highest BCUT2D eigenvalue weighted by Gasteiger charge is 2.26. The van der Waals surface area contributed by atoms with Crippen molar-refractivity contribution in [3.63, 3.8) is 0 Å². The molecule has 2 N–H and O–H groups in total. The molecular weight excluding hydrogens is 525 g/mol. The molecule has 6 nitrogen and oxygen atoms in total. The number of guanidine groups is 1. The molecule has 0 saturated carbocycles. The van der Waals surface area contributed by atoms with Gasteiger partial charge in [0.15, 0.2) is 5.96 Å². The van der Waals surface area contributed by atoms with Gasteiger partial charge < -0.3 is 20.3 Å². The standard InChI is InChI=1S/C26H37N5O.HI/c1-27-26(29-19-24(30-15-8-9-16-30)22-10-4-3-5-11-22)28-18-21-14-17-31(20-21)23-12-6-7-13-25(23)32-2;/h3-7,10-13,21,24H,8-9,14-20H2,1-2H3,(H2,27,28,29);1H. The minimum absolute atomic E-state index is 0. The summed E-state index contributed by atoms with van der Waals surface area (Å²) in [6, 6.07) is 19.5. The Hall–Kier alpha value is -2.00. The van der Waals surface area contributed by atoms with Gasteiger partial charge in [0, 0.05) is 33.2 Å². The lowest BCUT2D eigenvalue weighted by Gasteiger charge is -2.29. The number of anilines is 1. The van der Waals surface area contributed by atoms with Gasteiger partial charge in [-0.15, -0.1) is 24.0 Å². The number of nitrogens with one attached hydrogen (secondary N) is 2. The van der Waals surface area contributed by atoms with Gasteiger partial charge in [-0.1, -0.05) is 42.5 Å². The number of rotatable bonds is 8. The van der Waals surface area contributed by atoms with E-state index in [2.05, 4.69) is 67.9 Å². The zero-order valence-corrected chi connectivity index (χ0v) is 22.2. The van der Waals surface area contributed by atoms with Gasteiger partial charge >= 0.3 is 0 Å². The summed E-state index contributed by atoms with van der Waals surface area (Å²) in [7, 11) is 3.60. The number of para-hydroxylation sites is 2. The van der Waals surface area contributed by atoms with Crippen LogP contribution in [0.5, 0.6) is 5.75 Å². The maximum absolute atomic E-state index is 5.55. The fourth-order valence-electron chi connectivity index (χ4n) is 4.95. The third-order valence-electron chi connectivity index (χ3n) is 6.72. The van der Waals surface area contributed by atoms with Crippen LogP contribution >= 0.6 is 24.0 Å². The Labute approximate surface area is 215 Å². The second-order valence-electron chi connectivity index (χ2n) is 8.78. The first kappa shape index (κ1) is 25.6. The lowest BCUT2D eigenvalue weighted by Crippen LogP contribution is -2.44. The topological polar surface area (TPSA) is 52.1 Å². The van der Waals surface area contributed by atoms with Crippen molar-refractivity contribution in [2.24, 2.45) is 10.9 Å². The Morgan fingerprint density at radius 2 is 1.76 bits per heavy atom. The van der Waals surface area contributed by atoms with E-state index in [1.165, 1.54) is 43.6 Å². The summed E-state index contributed by atoms with van der Waals surface area (Å²) in [6.07, 6.45) is 3.75. The number of hydrogen-bond acceptors (Lipinski definition) is 4. The Morgan fingerprint density at radius 1 is 1.03 bits per heavy atom. The molecule has 2 unspecified atom stereocenters. The number of nitrogens with zero attached hydrogens (tertiary/aromatic N) is 3. The molecule has 180 valence electrons. The van der Waals surface area contributed by atoms with E-state index in [1.54, 1.807) is 7.11 Å². The van der Waals surface area contributed by atoms with Crippen LogP contribution in [0.3, 0.4) is 0 Å². The highest BCUT2D eigenvalue weighted by molar-refractivity contribution is 14.0. The van der Waals surface area contributed by atoms with Gasteiger partial charge in [-0.25, -0.2) is 0 Å². The first-order chi connectivity index (χ1) is 15.8. The number of methoxy groups -OCH3 is 1. The highest BCUT2D eigenvalue weighted by Crippen LogP contribution is 2.31. The number of aliphatic imine (C=N–C) groups is 1. The maximum Gasteiger partial charge on any atom is 0.191 e. The molecule has 2 heterocycles. The molecule has 2 atom stereocenters. The van der Waals surface area contributed by atoms with Crippen molar-refractivity contribution in [1.82, 2.24) is 15.5 Å². The largest absolute Gasteiger partial charge is 0.495 e. The first-order valence-electron chi connectivity index (χ1n) is 11.9. The molecule has 0 aliphatic carbocycles. The fraction of sp³-hybridized carbons (Fsp3) is 0.500. The predicted octanol–water partition coefficient (Wildman–Crippen LogP) is 4.14. The van der Waals surface area contributed by atoms with Gasteiger partial charge in [0.05, 0.1) is 18.8 Å². The van der Waals surface area contributed by atoms with Gasteiger partial charge in [0.1, 0.15) is 5.75 Å². The van der Waals surface area contributed by atoms with E-state index in [4.69, 9.17) is 4.74 Å². The van der Waals surface area contributed by atoms with Crippen LogP contribution in [0.15, 0.2) is 59.6 Å². The van der Waals surface area contributed by atoms with Crippen molar-refractivity contribution in [1.29, 1.82) is 0 Å². The number of ether oxygens (including phenoxy) is 1. The van der Waals surface area contributed by atoms with Gasteiger partial charge in [-0.05, 0) is 56.0 Å². The van der Waals surface area contributed by atoms with Gasteiger partial charge in [0.25, 0.3) is 0 Å². The van der Waals surface area contributed by atoms with Crippen LogP contribution in [0.25, 0.3) is 0 Å². The Balaban J connectivity index is 0.00000306. The minimum atomic E-state index is 0. The van der Waals surface area contributed by atoms with E-state index in [0.29, 0.717) is 12.0 Å². The molecule has 2 fully saturated rings. The Kier molecular flexibility index (Phi) is 10.1. The number of halogens is 1. The Morgan fingerprint density at radius 3 is 2.48 bits per heavy atom. The molecule has 2 aromatic rings. The summed E-state index contributed by atoms with van der Waals surface area (Å²) in [5.41, 5.74) is 2.57. The third kappa shape index (κ3) is 6.76. The zero-order chi connectivity index (χ0) is 22.2. The summed E-state index contributed by atoms with van der Waals surface area (Å²) >= 11 is 0.